The minimum Gasteiger partial charge on any atom is -0.466 e. The number of alkyl halides is 3. The molecule has 0 aliphatic carbocycles. The summed E-state index contributed by atoms with van der Waals surface area (Å²) in [7, 11) is 0.758. The second kappa shape index (κ2) is 6.27. The summed E-state index contributed by atoms with van der Waals surface area (Å²) in [5, 5.41) is 12.6. The lowest BCUT2D eigenvalue weighted by atomic mass is 9.81. The Morgan fingerprint density at radius 3 is 2.71 bits per heavy atom. The van der Waals surface area contributed by atoms with Gasteiger partial charge in [0.2, 0.25) is 0 Å². The van der Waals surface area contributed by atoms with Gasteiger partial charge in [0.25, 0.3) is 5.72 Å². The molecule has 3 atom stereocenters. The van der Waals surface area contributed by atoms with Crippen LogP contribution in [0.2, 0.25) is 0 Å². The maximum Gasteiger partial charge on any atom is 0.437 e. The second-order valence-corrected chi connectivity index (χ2v) is 5.23. The third kappa shape index (κ3) is 2.77. The minimum atomic E-state index is -5.28. The highest BCUT2D eigenvalue weighted by Gasteiger charge is 2.69. The van der Waals surface area contributed by atoms with E-state index in [-0.39, 0.29) is 17.1 Å². The SMILES string of the molecule is CCOC(=O)[C@@H]1[C@@H](c2cccnc2)NC(=O)N(C)[C@]1(O)C(F)(F)F. The van der Waals surface area contributed by atoms with E-state index in [0.29, 0.717) is 0 Å². The van der Waals surface area contributed by atoms with Crippen LogP contribution in [0.3, 0.4) is 0 Å². The molecule has 24 heavy (non-hydrogen) atoms. The highest BCUT2D eigenvalue weighted by molar-refractivity contribution is 5.83. The first-order chi connectivity index (χ1) is 11.1. The van der Waals surface area contributed by atoms with Crippen LogP contribution in [0.1, 0.15) is 18.5 Å². The van der Waals surface area contributed by atoms with Crippen molar-refractivity contribution < 1.29 is 32.6 Å². The average Bonchev–Trinajstić information content (AvgIpc) is 2.52. The number of esters is 1. The van der Waals surface area contributed by atoms with Gasteiger partial charge in [0.05, 0.1) is 12.6 Å². The molecule has 1 aliphatic heterocycles. The molecular formula is C14H16F3N3O4. The molecule has 10 heteroatoms. The quantitative estimate of drug-likeness (QED) is 0.802. The maximum atomic E-state index is 13.6. The van der Waals surface area contributed by atoms with E-state index in [4.69, 9.17) is 4.74 Å². The van der Waals surface area contributed by atoms with Gasteiger partial charge in [0, 0.05) is 19.4 Å². The Bertz CT molecular complexity index is 625. The van der Waals surface area contributed by atoms with Gasteiger partial charge in [-0.25, -0.2) is 4.79 Å². The summed E-state index contributed by atoms with van der Waals surface area (Å²) < 4.78 is 45.5. The Morgan fingerprint density at radius 2 is 2.21 bits per heavy atom. The third-order valence-corrected chi connectivity index (χ3v) is 3.86. The Balaban J connectivity index is 2.61. The molecule has 0 unspecified atom stereocenters. The van der Waals surface area contributed by atoms with Crippen molar-refractivity contribution in [2.24, 2.45) is 5.92 Å². The molecule has 1 fully saturated rings. The van der Waals surface area contributed by atoms with Gasteiger partial charge in [-0.15, -0.1) is 0 Å². The zero-order valence-corrected chi connectivity index (χ0v) is 12.9. The van der Waals surface area contributed by atoms with Crippen LogP contribution in [0.5, 0.6) is 0 Å². The van der Waals surface area contributed by atoms with Crippen LogP contribution in [0.4, 0.5) is 18.0 Å². The number of hydrogen-bond donors (Lipinski definition) is 2. The van der Waals surface area contributed by atoms with E-state index in [1.165, 1.54) is 31.5 Å². The lowest BCUT2D eigenvalue weighted by Gasteiger charge is -2.49. The van der Waals surface area contributed by atoms with Crippen LogP contribution in [0.25, 0.3) is 0 Å². The van der Waals surface area contributed by atoms with Gasteiger partial charge in [-0.3, -0.25) is 14.7 Å². The summed E-state index contributed by atoms with van der Waals surface area (Å²) in [5.74, 6) is -3.40. The lowest BCUT2D eigenvalue weighted by molar-refractivity contribution is -0.328. The van der Waals surface area contributed by atoms with Gasteiger partial charge in [-0.2, -0.15) is 13.2 Å². The van der Waals surface area contributed by atoms with Gasteiger partial charge in [-0.05, 0) is 18.6 Å². The van der Waals surface area contributed by atoms with Gasteiger partial charge >= 0.3 is 18.2 Å². The van der Waals surface area contributed by atoms with E-state index in [1.807, 2.05) is 0 Å². The maximum absolute atomic E-state index is 13.6. The van der Waals surface area contributed by atoms with Crippen LogP contribution >= 0.6 is 0 Å². The Morgan fingerprint density at radius 1 is 1.54 bits per heavy atom. The van der Waals surface area contributed by atoms with Crippen LogP contribution < -0.4 is 5.32 Å². The van der Waals surface area contributed by atoms with Crippen LogP contribution in [-0.4, -0.2) is 52.5 Å². The summed E-state index contributed by atoms with van der Waals surface area (Å²) >= 11 is 0. The number of ether oxygens (including phenoxy) is 1. The number of carbonyl (C=O) groups is 2. The number of hydrogen-bond acceptors (Lipinski definition) is 5. The predicted molar refractivity (Wildman–Crippen MR) is 74.4 cm³/mol. The van der Waals surface area contributed by atoms with Crippen LogP contribution in [-0.2, 0) is 9.53 Å². The first-order valence-electron chi connectivity index (χ1n) is 7.04. The van der Waals surface area contributed by atoms with Crippen molar-refractivity contribution in [2.45, 2.75) is 24.9 Å². The molecule has 132 valence electrons. The van der Waals surface area contributed by atoms with E-state index in [0.717, 1.165) is 7.05 Å². The van der Waals surface area contributed by atoms with Gasteiger partial charge < -0.3 is 15.2 Å². The van der Waals surface area contributed by atoms with E-state index in [9.17, 15) is 27.9 Å². The third-order valence-electron chi connectivity index (χ3n) is 3.86. The lowest BCUT2D eigenvalue weighted by Crippen LogP contribution is -2.73. The molecule has 1 aliphatic rings. The molecule has 0 radical (unpaired) electrons. The van der Waals surface area contributed by atoms with E-state index < -0.39 is 35.9 Å². The number of nitrogens with one attached hydrogen (secondary N) is 1. The first-order valence-corrected chi connectivity index (χ1v) is 7.04. The molecule has 0 saturated carbocycles. The Kier molecular flexibility index (Phi) is 4.70. The molecule has 7 nitrogen and oxygen atoms in total. The Labute approximate surface area is 135 Å². The van der Waals surface area contributed by atoms with Crippen molar-refractivity contribution in [2.75, 3.05) is 13.7 Å². The molecule has 1 aromatic heterocycles. The molecule has 2 rings (SSSR count). The summed E-state index contributed by atoms with van der Waals surface area (Å²) in [4.78, 5) is 28.0. The fraction of sp³-hybridized carbons (Fsp3) is 0.500. The van der Waals surface area contributed by atoms with E-state index >= 15 is 0 Å². The zero-order valence-electron chi connectivity index (χ0n) is 12.9. The van der Waals surface area contributed by atoms with Gasteiger partial charge in [0.1, 0.15) is 5.92 Å². The topological polar surface area (TPSA) is 91.8 Å². The number of halogens is 3. The van der Waals surface area contributed by atoms with E-state index in [1.54, 1.807) is 0 Å². The zero-order chi connectivity index (χ0) is 18.1. The molecule has 0 aromatic carbocycles. The first kappa shape index (κ1) is 18.0. The van der Waals surface area contributed by atoms with Crippen molar-refractivity contribution in [3.63, 3.8) is 0 Å². The van der Waals surface area contributed by atoms with Crippen LogP contribution in [0.15, 0.2) is 24.5 Å². The van der Waals surface area contributed by atoms with Crippen molar-refractivity contribution in [3.05, 3.63) is 30.1 Å². The number of aromatic nitrogens is 1. The Hall–Kier alpha value is -2.36. The van der Waals surface area contributed by atoms with Crippen molar-refractivity contribution >= 4 is 12.0 Å². The number of nitrogens with zero attached hydrogens (tertiary/aromatic N) is 2. The summed E-state index contributed by atoms with van der Waals surface area (Å²) in [5.41, 5.74) is -3.58. The van der Waals surface area contributed by atoms with Crippen molar-refractivity contribution in [1.29, 1.82) is 0 Å². The largest absolute Gasteiger partial charge is 0.466 e. The number of rotatable bonds is 3. The van der Waals surface area contributed by atoms with Gasteiger partial charge in [-0.1, -0.05) is 6.07 Å². The van der Waals surface area contributed by atoms with E-state index in [2.05, 4.69) is 10.3 Å². The smallest absolute Gasteiger partial charge is 0.437 e. The highest BCUT2D eigenvalue weighted by Crippen LogP contribution is 2.46. The van der Waals surface area contributed by atoms with Crippen LogP contribution in [0, 0.1) is 5.92 Å². The molecule has 1 saturated heterocycles. The fourth-order valence-electron chi connectivity index (χ4n) is 2.64. The molecular weight excluding hydrogens is 331 g/mol. The molecule has 0 bridgehead atoms. The number of aliphatic hydroxyl groups is 1. The van der Waals surface area contributed by atoms with Crippen molar-refractivity contribution in [1.82, 2.24) is 15.2 Å². The molecule has 2 N–H and O–H groups in total. The second-order valence-electron chi connectivity index (χ2n) is 5.23. The number of pyridine rings is 1. The highest BCUT2D eigenvalue weighted by atomic mass is 19.4. The number of urea groups is 1. The number of amides is 2. The molecule has 0 spiro atoms. The minimum absolute atomic E-state index is 0.0570. The molecule has 2 amide bonds. The summed E-state index contributed by atoms with van der Waals surface area (Å²) in [6.45, 7) is 1.25. The standard InChI is InChI=1S/C14H16F3N3O4/c1-3-24-11(21)9-10(8-5-4-6-18-7-8)19-12(22)20(2)13(9,23)14(15,16)17/h4-7,9-10,23H,3H2,1-2H3,(H,19,22)/t9-,10+,13+/m0/s1. The average molecular weight is 347 g/mol. The van der Waals surface area contributed by atoms with Gasteiger partial charge in [0.15, 0.2) is 0 Å². The fourth-order valence-corrected chi connectivity index (χ4v) is 2.64. The molecule has 2 heterocycles. The number of carbonyl (C=O) groups excluding carboxylic acids is 2. The summed E-state index contributed by atoms with van der Waals surface area (Å²) in [6.07, 6.45) is -2.69. The molecule has 1 aromatic rings. The van der Waals surface area contributed by atoms with Crippen molar-refractivity contribution in [3.8, 4) is 0 Å². The summed E-state index contributed by atoms with van der Waals surface area (Å²) in [6, 6.07) is 0.207. The predicted octanol–water partition coefficient (Wildman–Crippen LogP) is 1.21. The normalized spacial score (nSPS) is 27.6. The monoisotopic (exact) mass is 347 g/mol.